The third-order valence-electron chi connectivity index (χ3n) is 4.04. The third-order valence-corrected chi connectivity index (χ3v) is 4.04. The van der Waals surface area contributed by atoms with Crippen LogP contribution in [-0.4, -0.2) is 29.9 Å². The van der Waals surface area contributed by atoms with Crippen molar-refractivity contribution in [2.24, 2.45) is 5.92 Å². The molecule has 2 aromatic rings. The number of urea groups is 1. The Bertz CT molecular complexity index is 675. The first-order chi connectivity index (χ1) is 11.2. The molecule has 0 bridgehead atoms. The second-order valence-electron chi connectivity index (χ2n) is 5.73. The molecular formula is C18H20N2O3. The van der Waals surface area contributed by atoms with Gasteiger partial charge in [-0.05, 0) is 48.1 Å². The summed E-state index contributed by atoms with van der Waals surface area (Å²) >= 11 is 0. The first-order valence-corrected chi connectivity index (χ1v) is 7.68. The highest BCUT2D eigenvalue weighted by molar-refractivity contribution is 5.72. The minimum Gasteiger partial charge on any atom is -0.457 e. The van der Waals surface area contributed by atoms with Gasteiger partial charge in [-0.1, -0.05) is 30.3 Å². The highest BCUT2D eigenvalue weighted by Gasteiger charge is 2.40. The van der Waals surface area contributed by atoms with Gasteiger partial charge < -0.3 is 10.1 Å². The van der Waals surface area contributed by atoms with Gasteiger partial charge in [0.2, 0.25) is 0 Å². The molecule has 0 aliphatic heterocycles. The number of ether oxygens (including phenoxy) is 1. The van der Waals surface area contributed by atoms with Gasteiger partial charge in [0.15, 0.2) is 0 Å². The van der Waals surface area contributed by atoms with Gasteiger partial charge in [0.1, 0.15) is 11.5 Å². The van der Waals surface area contributed by atoms with E-state index >= 15 is 0 Å². The number of amides is 2. The van der Waals surface area contributed by atoms with Gasteiger partial charge in [-0.15, -0.1) is 0 Å². The summed E-state index contributed by atoms with van der Waals surface area (Å²) in [7, 11) is 1.50. The fourth-order valence-corrected chi connectivity index (χ4v) is 2.73. The molecule has 120 valence electrons. The zero-order valence-corrected chi connectivity index (χ0v) is 13.0. The molecule has 3 rings (SSSR count). The van der Waals surface area contributed by atoms with Crippen molar-refractivity contribution in [2.45, 2.75) is 12.3 Å². The SMILES string of the molecule is CNC(=O)N(O)C[C@@H]1C[C@H]1c1cccc(Oc2ccccc2)c1. The molecule has 2 amide bonds. The minimum absolute atomic E-state index is 0.282. The van der Waals surface area contributed by atoms with Crippen molar-refractivity contribution in [3.05, 3.63) is 60.2 Å². The van der Waals surface area contributed by atoms with Gasteiger partial charge in [0.05, 0.1) is 6.54 Å². The maximum atomic E-state index is 11.3. The van der Waals surface area contributed by atoms with E-state index < -0.39 is 6.03 Å². The van der Waals surface area contributed by atoms with Crippen LogP contribution < -0.4 is 10.1 Å². The lowest BCUT2D eigenvalue weighted by molar-refractivity contribution is -0.0462. The molecule has 1 aliphatic carbocycles. The number of benzene rings is 2. The van der Waals surface area contributed by atoms with Gasteiger partial charge >= 0.3 is 6.03 Å². The van der Waals surface area contributed by atoms with E-state index in [2.05, 4.69) is 11.4 Å². The molecule has 5 heteroatoms. The molecule has 0 aromatic heterocycles. The van der Waals surface area contributed by atoms with E-state index in [9.17, 15) is 10.0 Å². The van der Waals surface area contributed by atoms with Crippen LogP contribution in [-0.2, 0) is 0 Å². The predicted molar refractivity (Wildman–Crippen MR) is 86.8 cm³/mol. The van der Waals surface area contributed by atoms with Crippen LogP contribution in [0, 0.1) is 5.92 Å². The van der Waals surface area contributed by atoms with Crippen LogP contribution in [0.5, 0.6) is 11.5 Å². The van der Waals surface area contributed by atoms with E-state index in [0.717, 1.165) is 23.0 Å². The topological polar surface area (TPSA) is 61.8 Å². The van der Waals surface area contributed by atoms with Gasteiger partial charge in [0.25, 0.3) is 0 Å². The molecule has 2 atom stereocenters. The molecule has 0 unspecified atom stereocenters. The molecule has 1 aliphatic rings. The van der Waals surface area contributed by atoms with Gasteiger partial charge in [-0.2, -0.15) is 0 Å². The Balaban J connectivity index is 1.62. The Morgan fingerprint density at radius 1 is 1.22 bits per heavy atom. The number of para-hydroxylation sites is 1. The predicted octanol–water partition coefficient (Wildman–Crippen LogP) is 3.61. The van der Waals surface area contributed by atoms with Gasteiger partial charge in [0, 0.05) is 7.05 Å². The van der Waals surface area contributed by atoms with Crippen LogP contribution in [0.2, 0.25) is 0 Å². The van der Waals surface area contributed by atoms with E-state index in [1.165, 1.54) is 12.6 Å². The largest absolute Gasteiger partial charge is 0.457 e. The summed E-state index contributed by atoms with van der Waals surface area (Å²) in [5.41, 5.74) is 1.17. The Morgan fingerprint density at radius 3 is 2.70 bits per heavy atom. The average molecular weight is 312 g/mol. The van der Waals surface area contributed by atoms with E-state index in [-0.39, 0.29) is 5.92 Å². The number of nitrogens with one attached hydrogen (secondary N) is 1. The monoisotopic (exact) mass is 312 g/mol. The van der Waals surface area contributed by atoms with E-state index in [1.807, 2.05) is 48.5 Å². The summed E-state index contributed by atoms with van der Waals surface area (Å²) in [5, 5.41) is 12.8. The van der Waals surface area contributed by atoms with Crippen molar-refractivity contribution < 1.29 is 14.7 Å². The maximum Gasteiger partial charge on any atom is 0.340 e. The van der Waals surface area contributed by atoms with E-state index in [4.69, 9.17) is 4.74 Å². The quantitative estimate of drug-likeness (QED) is 0.655. The summed E-state index contributed by atoms with van der Waals surface area (Å²) in [6, 6.07) is 17.2. The van der Waals surface area contributed by atoms with E-state index in [1.54, 1.807) is 0 Å². The fraction of sp³-hybridized carbons (Fsp3) is 0.278. The lowest BCUT2D eigenvalue weighted by Gasteiger charge is -2.14. The number of hydroxylamine groups is 2. The maximum absolute atomic E-state index is 11.3. The number of carbonyl (C=O) groups is 1. The molecule has 1 fully saturated rings. The molecule has 23 heavy (non-hydrogen) atoms. The molecule has 1 saturated carbocycles. The standard InChI is InChI=1S/C18H20N2O3/c1-19-18(21)20(22)12-14-11-17(14)13-6-5-9-16(10-13)23-15-7-3-2-4-8-15/h2-10,14,17,22H,11-12H2,1H3,(H,19,21)/t14-,17-/m0/s1. The first-order valence-electron chi connectivity index (χ1n) is 7.68. The van der Waals surface area contributed by atoms with Crippen molar-refractivity contribution in [3.63, 3.8) is 0 Å². The summed E-state index contributed by atoms with van der Waals surface area (Å²) in [4.78, 5) is 11.3. The van der Waals surface area contributed by atoms with Crippen LogP contribution in [0.3, 0.4) is 0 Å². The number of hydrogen-bond donors (Lipinski definition) is 2. The van der Waals surface area contributed by atoms with Crippen molar-refractivity contribution in [1.82, 2.24) is 10.4 Å². The van der Waals surface area contributed by atoms with Crippen molar-refractivity contribution in [2.75, 3.05) is 13.6 Å². The highest BCUT2D eigenvalue weighted by atomic mass is 16.5. The summed E-state index contributed by atoms with van der Waals surface area (Å²) in [6.45, 7) is 0.341. The summed E-state index contributed by atoms with van der Waals surface area (Å²) in [5.74, 6) is 2.24. The first kappa shape index (κ1) is 15.4. The zero-order valence-electron chi connectivity index (χ0n) is 13.0. The molecular weight excluding hydrogens is 292 g/mol. The molecule has 0 radical (unpaired) electrons. The summed E-state index contributed by atoms with van der Waals surface area (Å²) < 4.78 is 5.84. The molecule has 0 saturated heterocycles. The van der Waals surface area contributed by atoms with Crippen molar-refractivity contribution >= 4 is 6.03 Å². The normalized spacial score (nSPS) is 19.0. The van der Waals surface area contributed by atoms with Crippen molar-refractivity contribution in [1.29, 1.82) is 0 Å². The summed E-state index contributed by atoms with van der Waals surface area (Å²) in [6.07, 6.45) is 0.961. The Kier molecular flexibility index (Phi) is 4.48. The second kappa shape index (κ2) is 6.71. The Hall–Kier alpha value is -2.53. The molecule has 5 nitrogen and oxygen atoms in total. The lowest BCUT2D eigenvalue weighted by Crippen LogP contribution is -2.36. The fourth-order valence-electron chi connectivity index (χ4n) is 2.73. The molecule has 2 aromatic carbocycles. The Labute approximate surface area is 135 Å². The zero-order chi connectivity index (χ0) is 16.2. The number of rotatable bonds is 5. The van der Waals surface area contributed by atoms with Gasteiger partial charge in [-0.3, -0.25) is 5.21 Å². The van der Waals surface area contributed by atoms with Crippen LogP contribution in [0.15, 0.2) is 54.6 Å². The average Bonchev–Trinajstić information content (AvgIpc) is 3.34. The van der Waals surface area contributed by atoms with Crippen LogP contribution >= 0.6 is 0 Å². The lowest BCUT2D eigenvalue weighted by atomic mass is 10.1. The minimum atomic E-state index is -0.475. The highest BCUT2D eigenvalue weighted by Crippen LogP contribution is 2.48. The van der Waals surface area contributed by atoms with E-state index in [0.29, 0.717) is 12.5 Å². The number of carbonyl (C=O) groups excluding carboxylic acids is 1. The number of hydrogen-bond acceptors (Lipinski definition) is 3. The third kappa shape index (κ3) is 3.81. The molecule has 2 N–H and O–H groups in total. The second-order valence-corrected chi connectivity index (χ2v) is 5.73. The van der Waals surface area contributed by atoms with Crippen LogP contribution in [0.4, 0.5) is 4.79 Å². The van der Waals surface area contributed by atoms with Crippen LogP contribution in [0.25, 0.3) is 0 Å². The molecule has 0 heterocycles. The van der Waals surface area contributed by atoms with Crippen molar-refractivity contribution in [3.8, 4) is 11.5 Å². The number of nitrogens with zero attached hydrogens (tertiary/aromatic N) is 1. The van der Waals surface area contributed by atoms with Gasteiger partial charge in [-0.25, -0.2) is 9.86 Å². The van der Waals surface area contributed by atoms with Crippen LogP contribution in [0.1, 0.15) is 17.9 Å². The molecule has 0 spiro atoms. The smallest absolute Gasteiger partial charge is 0.340 e. The Morgan fingerprint density at radius 2 is 1.96 bits per heavy atom.